The van der Waals surface area contributed by atoms with Crippen molar-refractivity contribution in [2.45, 2.75) is 51.5 Å². The van der Waals surface area contributed by atoms with Crippen LogP contribution in [-0.2, 0) is 16.0 Å². The number of hydrogen-bond acceptors (Lipinski definition) is 2. The SMILES string of the molecule is CC1CCCCN1C(=O)CCC1Cc2ccccc2NC1=O. The van der Waals surface area contributed by atoms with Gasteiger partial charge in [0, 0.05) is 30.6 Å². The van der Waals surface area contributed by atoms with E-state index in [1.54, 1.807) is 0 Å². The predicted octanol–water partition coefficient (Wildman–Crippen LogP) is 2.98. The Kier molecular flexibility index (Phi) is 4.46. The lowest BCUT2D eigenvalue weighted by atomic mass is 9.89. The third-order valence-electron chi connectivity index (χ3n) is 4.94. The zero-order valence-electron chi connectivity index (χ0n) is 13.2. The topological polar surface area (TPSA) is 49.4 Å². The van der Waals surface area contributed by atoms with Crippen molar-refractivity contribution in [3.05, 3.63) is 29.8 Å². The van der Waals surface area contributed by atoms with Crippen molar-refractivity contribution in [2.75, 3.05) is 11.9 Å². The Morgan fingerprint density at radius 3 is 2.95 bits per heavy atom. The molecule has 1 saturated heterocycles. The maximum absolute atomic E-state index is 12.4. The zero-order chi connectivity index (χ0) is 15.5. The Labute approximate surface area is 131 Å². The van der Waals surface area contributed by atoms with Crippen LogP contribution in [0, 0.1) is 5.92 Å². The van der Waals surface area contributed by atoms with Gasteiger partial charge in [-0.1, -0.05) is 18.2 Å². The molecule has 2 unspecified atom stereocenters. The minimum Gasteiger partial charge on any atom is -0.340 e. The molecule has 0 aromatic heterocycles. The fraction of sp³-hybridized carbons (Fsp3) is 0.556. The largest absolute Gasteiger partial charge is 0.340 e. The van der Waals surface area contributed by atoms with Crippen molar-refractivity contribution < 1.29 is 9.59 Å². The van der Waals surface area contributed by atoms with Gasteiger partial charge in [-0.15, -0.1) is 0 Å². The summed E-state index contributed by atoms with van der Waals surface area (Å²) in [5.74, 6) is 0.177. The standard InChI is InChI=1S/C18H24N2O2/c1-13-6-4-5-11-20(13)17(21)10-9-15-12-14-7-2-3-8-16(14)19-18(15)22/h2-3,7-8,13,15H,4-6,9-12H2,1H3,(H,19,22). The molecule has 1 aromatic carbocycles. The molecular weight excluding hydrogens is 276 g/mol. The van der Waals surface area contributed by atoms with E-state index in [-0.39, 0.29) is 17.7 Å². The molecule has 4 heteroatoms. The lowest BCUT2D eigenvalue weighted by Gasteiger charge is -2.34. The lowest BCUT2D eigenvalue weighted by molar-refractivity contribution is -0.134. The summed E-state index contributed by atoms with van der Waals surface area (Å²) in [5.41, 5.74) is 2.09. The average Bonchev–Trinajstić information content (AvgIpc) is 2.53. The van der Waals surface area contributed by atoms with E-state index >= 15 is 0 Å². The number of rotatable bonds is 3. The van der Waals surface area contributed by atoms with Gasteiger partial charge in [0.05, 0.1) is 0 Å². The van der Waals surface area contributed by atoms with Crippen LogP contribution in [0.4, 0.5) is 5.69 Å². The zero-order valence-corrected chi connectivity index (χ0v) is 13.2. The normalized spacial score (nSPS) is 24.6. The van der Waals surface area contributed by atoms with Crippen molar-refractivity contribution >= 4 is 17.5 Å². The van der Waals surface area contributed by atoms with E-state index < -0.39 is 0 Å². The molecule has 22 heavy (non-hydrogen) atoms. The van der Waals surface area contributed by atoms with Gasteiger partial charge in [0.2, 0.25) is 11.8 Å². The van der Waals surface area contributed by atoms with Gasteiger partial charge in [0.25, 0.3) is 0 Å². The number of para-hydroxylation sites is 1. The highest BCUT2D eigenvalue weighted by molar-refractivity contribution is 5.96. The molecular formula is C18H24N2O2. The molecule has 2 heterocycles. The van der Waals surface area contributed by atoms with E-state index in [1.807, 2.05) is 23.1 Å². The summed E-state index contributed by atoms with van der Waals surface area (Å²) in [6.45, 7) is 3.00. The lowest BCUT2D eigenvalue weighted by Crippen LogP contribution is -2.42. The van der Waals surface area contributed by atoms with Crippen molar-refractivity contribution in [1.29, 1.82) is 0 Å². The average molecular weight is 300 g/mol. The minimum absolute atomic E-state index is 0.0539. The second-order valence-corrected chi connectivity index (χ2v) is 6.52. The molecule has 118 valence electrons. The Hall–Kier alpha value is -1.84. The first-order chi connectivity index (χ1) is 10.6. The Bertz CT molecular complexity index is 570. The van der Waals surface area contributed by atoms with Crippen LogP contribution in [0.5, 0.6) is 0 Å². The summed E-state index contributed by atoms with van der Waals surface area (Å²) in [5, 5.41) is 2.96. The maximum Gasteiger partial charge on any atom is 0.227 e. The van der Waals surface area contributed by atoms with E-state index in [0.29, 0.717) is 18.9 Å². The molecule has 0 radical (unpaired) electrons. The number of benzene rings is 1. The molecule has 2 aliphatic heterocycles. The van der Waals surface area contributed by atoms with Crippen LogP contribution in [0.1, 0.15) is 44.6 Å². The van der Waals surface area contributed by atoms with E-state index in [0.717, 1.165) is 31.5 Å². The van der Waals surface area contributed by atoms with E-state index in [1.165, 1.54) is 12.0 Å². The Balaban J connectivity index is 1.57. The maximum atomic E-state index is 12.4. The first-order valence-corrected chi connectivity index (χ1v) is 8.33. The molecule has 4 nitrogen and oxygen atoms in total. The van der Waals surface area contributed by atoms with Crippen LogP contribution < -0.4 is 5.32 Å². The smallest absolute Gasteiger partial charge is 0.227 e. The summed E-state index contributed by atoms with van der Waals surface area (Å²) >= 11 is 0. The Morgan fingerprint density at radius 1 is 1.32 bits per heavy atom. The van der Waals surface area contributed by atoms with Crippen molar-refractivity contribution in [3.8, 4) is 0 Å². The summed E-state index contributed by atoms with van der Waals surface area (Å²) in [6, 6.07) is 8.26. The van der Waals surface area contributed by atoms with Crippen LogP contribution in [0.25, 0.3) is 0 Å². The quantitative estimate of drug-likeness (QED) is 0.933. The molecule has 2 amide bonds. The monoisotopic (exact) mass is 300 g/mol. The van der Waals surface area contributed by atoms with E-state index in [2.05, 4.69) is 18.3 Å². The molecule has 1 aromatic rings. The van der Waals surface area contributed by atoms with Gasteiger partial charge < -0.3 is 10.2 Å². The number of carbonyl (C=O) groups is 2. The number of likely N-dealkylation sites (tertiary alicyclic amines) is 1. The number of fused-ring (bicyclic) bond motifs is 1. The van der Waals surface area contributed by atoms with Gasteiger partial charge in [0.15, 0.2) is 0 Å². The summed E-state index contributed by atoms with van der Waals surface area (Å²) in [4.78, 5) is 26.6. The second-order valence-electron chi connectivity index (χ2n) is 6.52. The van der Waals surface area contributed by atoms with Crippen molar-refractivity contribution in [2.24, 2.45) is 5.92 Å². The van der Waals surface area contributed by atoms with E-state index in [9.17, 15) is 9.59 Å². The number of anilines is 1. The molecule has 0 aliphatic carbocycles. The third kappa shape index (κ3) is 3.16. The van der Waals surface area contributed by atoms with Gasteiger partial charge in [-0.25, -0.2) is 0 Å². The van der Waals surface area contributed by atoms with Crippen molar-refractivity contribution in [3.63, 3.8) is 0 Å². The van der Waals surface area contributed by atoms with Gasteiger partial charge in [-0.05, 0) is 50.7 Å². The highest BCUT2D eigenvalue weighted by Gasteiger charge is 2.28. The number of piperidine rings is 1. The van der Waals surface area contributed by atoms with Gasteiger partial charge in [-0.3, -0.25) is 9.59 Å². The van der Waals surface area contributed by atoms with Gasteiger partial charge >= 0.3 is 0 Å². The number of amides is 2. The minimum atomic E-state index is -0.0843. The highest BCUT2D eigenvalue weighted by atomic mass is 16.2. The second kappa shape index (κ2) is 6.51. The van der Waals surface area contributed by atoms with E-state index in [4.69, 9.17) is 0 Å². The fourth-order valence-electron chi connectivity index (χ4n) is 3.56. The summed E-state index contributed by atoms with van der Waals surface area (Å²) in [7, 11) is 0. The molecule has 0 bridgehead atoms. The molecule has 1 fully saturated rings. The number of carbonyl (C=O) groups excluding carboxylic acids is 2. The highest BCUT2D eigenvalue weighted by Crippen LogP contribution is 2.28. The van der Waals surface area contributed by atoms with Crippen LogP contribution in [0.15, 0.2) is 24.3 Å². The van der Waals surface area contributed by atoms with Crippen molar-refractivity contribution in [1.82, 2.24) is 4.90 Å². The summed E-state index contributed by atoms with van der Waals surface area (Å²) in [6.07, 6.45) is 5.28. The number of nitrogens with one attached hydrogen (secondary N) is 1. The number of hydrogen-bond donors (Lipinski definition) is 1. The number of nitrogens with zero attached hydrogens (tertiary/aromatic N) is 1. The third-order valence-corrected chi connectivity index (χ3v) is 4.94. The molecule has 2 atom stereocenters. The first kappa shape index (κ1) is 15.1. The fourth-order valence-corrected chi connectivity index (χ4v) is 3.56. The van der Waals surface area contributed by atoms with Crippen LogP contribution in [0.2, 0.25) is 0 Å². The van der Waals surface area contributed by atoms with Crippen LogP contribution in [0.3, 0.4) is 0 Å². The van der Waals surface area contributed by atoms with Gasteiger partial charge in [0.1, 0.15) is 0 Å². The molecule has 1 N–H and O–H groups in total. The molecule has 0 saturated carbocycles. The van der Waals surface area contributed by atoms with Gasteiger partial charge in [-0.2, -0.15) is 0 Å². The molecule has 0 spiro atoms. The van der Waals surface area contributed by atoms with Crippen LogP contribution in [-0.4, -0.2) is 29.3 Å². The predicted molar refractivity (Wildman–Crippen MR) is 86.5 cm³/mol. The van der Waals surface area contributed by atoms with Crippen LogP contribution >= 0.6 is 0 Å². The first-order valence-electron chi connectivity index (χ1n) is 8.33. The molecule has 3 rings (SSSR count). The summed E-state index contributed by atoms with van der Waals surface area (Å²) < 4.78 is 0. The Morgan fingerprint density at radius 2 is 2.14 bits per heavy atom. The molecule has 2 aliphatic rings.